The van der Waals surface area contributed by atoms with Crippen molar-refractivity contribution in [2.75, 3.05) is 0 Å². The second kappa shape index (κ2) is 4.23. The standard InChI is InChI=1S/C9H8N2O3/c1-7(6-10)14-9-5-3-2-4-8(9)11(12)13/h2-5,7H,1H3. The summed E-state index contributed by atoms with van der Waals surface area (Å²) in [5.41, 5.74) is -0.130. The second-order valence-corrected chi connectivity index (χ2v) is 2.61. The van der Waals surface area contributed by atoms with Crippen LogP contribution in [0.25, 0.3) is 0 Å². The lowest BCUT2D eigenvalue weighted by Gasteiger charge is -2.06. The van der Waals surface area contributed by atoms with Gasteiger partial charge in [-0.05, 0) is 13.0 Å². The molecule has 0 saturated carbocycles. The summed E-state index contributed by atoms with van der Waals surface area (Å²) < 4.78 is 5.05. The Bertz CT molecular complexity index is 384. The number of benzene rings is 1. The number of nitrogens with zero attached hydrogens (tertiary/aromatic N) is 2. The van der Waals surface area contributed by atoms with Gasteiger partial charge in [0.25, 0.3) is 0 Å². The smallest absolute Gasteiger partial charge is 0.310 e. The Labute approximate surface area is 80.7 Å². The van der Waals surface area contributed by atoms with Crippen molar-refractivity contribution in [2.45, 2.75) is 13.0 Å². The Morgan fingerprint density at radius 2 is 2.21 bits per heavy atom. The predicted molar refractivity (Wildman–Crippen MR) is 48.8 cm³/mol. The zero-order valence-electron chi connectivity index (χ0n) is 7.51. The molecule has 5 nitrogen and oxygen atoms in total. The molecule has 0 N–H and O–H groups in total. The van der Waals surface area contributed by atoms with E-state index < -0.39 is 11.0 Å². The number of nitro benzene ring substituents is 1. The Balaban J connectivity index is 2.97. The zero-order chi connectivity index (χ0) is 10.6. The summed E-state index contributed by atoms with van der Waals surface area (Å²) in [5, 5.41) is 19.0. The van der Waals surface area contributed by atoms with E-state index in [0.717, 1.165) is 0 Å². The highest BCUT2D eigenvalue weighted by atomic mass is 16.6. The van der Waals surface area contributed by atoms with Crippen LogP contribution in [-0.4, -0.2) is 11.0 Å². The van der Waals surface area contributed by atoms with Gasteiger partial charge in [0, 0.05) is 6.07 Å². The van der Waals surface area contributed by atoms with Crippen molar-refractivity contribution in [3.05, 3.63) is 34.4 Å². The molecule has 0 radical (unpaired) electrons. The molecule has 0 amide bonds. The van der Waals surface area contributed by atoms with Gasteiger partial charge in [0.05, 0.1) is 4.92 Å². The highest BCUT2D eigenvalue weighted by molar-refractivity contribution is 5.45. The maximum Gasteiger partial charge on any atom is 0.310 e. The first kappa shape index (κ1) is 9.99. The first-order valence-corrected chi connectivity index (χ1v) is 3.95. The minimum absolute atomic E-state index is 0.117. The Kier molecular flexibility index (Phi) is 3.02. The van der Waals surface area contributed by atoms with E-state index in [-0.39, 0.29) is 11.4 Å². The first-order valence-electron chi connectivity index (χ1n) is 3.95. The number of ether oxygens (including phenoxy) is 1. The zero-order valence-corrected chi connectivity index (χ0v) is 7.51. The van der Waals surface area contributed by atoms with Crippen molar-refractivity contribution >= 4 is 5.69 Å². The molecule has 0 fully saturated rings. The van der Waals surface area contributed by atoms with Crippen molar-refractivity contribution < 1.29 is 9.66 Å². The van der Waals surface area contributed by atoms with Crippen molar-refractivity contribution in [1.82, 2.24) is 0 Å². The molecule has 14 heavy (non-hydrogen) atoms. The minimum atomic E-state index is -0.698. The molecular weight excluding hydrogens is 184 g/mol. The molecule has 0 aliphatic rings. The van der Waals surface area contributed by atoms with E-state index >= 15 is 0 Å². The maximum absolute atomic E-state index is 10.5. The molecule has 72 valence electrons. The van der Waals surface area contributed by atoms with E-state index in [1.165, 1.54) is 19.1 Å². The first-order chi connectivity index (χ1) is 6.65. The van der Waals surface area contributed by atoms with Crippen LogP contribution in [0.3, 0.4) is 0 Å². The van der Waals surface area contributed by atoms with Crippen molar-refractivity contribution in [3.63, 3.8) is 0 Å². The molecule has 0 saturated heterocycles. The quantitative estimate of drug-likeness (QED) is 0.541. The van der Waals surface area contributed by atoms with Gasteiger partial charge in [0.15, 0.2) is 11.9 Å². The number of hydrogen-bond donors (Lipinski definition) is 0. The maximum atomic E-state index is 10.5. The summed E-state index contributed by atoms with van der Waals surface area (Å²) >= 11 is 0. The molecule has 0 heterocycles. The van der Waals surface area contributed by atoms with Crippen LogP contribution >= 0.6 is 0 Å². The fraction of sp³-hybridized carbons (Fsp3) is 0.222. The molecular formula is C9H8N2O3. The average molecular weight is 192 g/mol. The van der Waals surface area contributed by atoms with Crippen LogP contribution in [0.15, 0.2) is 24.3 Å². The summed E-state index contributed by atoms with van der Waals surface area (Å²) in [6.07, 6.45) is -0.698. The Morgan fingerprint density at radius 1 is 1.57 bits per heavy atom. The van der Waals surface area contributed by atoms with Crippen LogP contribution in [0, 0.1) is 21.4 Å². The largest absolute Gasteiger partial charge is 0.469 e. The molecule has 0 aliphatic carbocycles. The number of para-hydroxylation sites is 2. The van der Waals surface area contributed by atoms with Gasteiger partial charge in [-0.3, -0.25) is 10.1 Å². The van der Waals surface area contributed by atoms with Gasteiger partial charge >= 0.3 is 5.69 Å². The van der Waals surface area contributed by atoms with E-state index in [1.807, 2.05) is 6.07 Å². The van der Waals surface area contributed by atoms with E-state index in [1.54, 1.807) is 12.1 Å². The number of hydrogen-bond acceptors (Lipinski definition) is 4. The van der Waals surface area contributed by atoms with E-state index in [9.17, 15) is 10.1 Å². The lowest BCUT2D eigenvalue weighted by Crippen LogP contribution is -2.09. The number of rotatable bonds is 3. The van der Waals surface area contributed by atoms with Crippen LogP contribution < -0.4 is 4.74 Å². The monoisotopic (exact) mass is 192 g/mol. The summed E-state index contributed by atoms with van der Waals surface area (Å²) in [5.74, 6) is 0.117. The third kappa shape index (κ3) is 2.20. The fourth-order valence-electron chi connectivity index (χ4n) is 0.924. The fourth-order valence-corrected chi connectivity index (χ4v) is 0.924. The van der Waals surface area contributed by atoms with Crippen LogP contribution in [0.1, 0.15) is 6.92 Å². The van der Waals surface area contributed by atoms with Crippen LogP contribution in [-0.2, 0) is 0 Å². The third-order valence-corrected chi connectivity index (χ3v) is 1.55. The van der Waals surface area contributed by atoms with Crippen molar-refractivity contribution in [3.8, 4) is 11.8 Å². The molecule has 1 unspecified atom stereocenters. The Morgan fingerprint density at radius 3 is 2.79 bits per heavy atom. The number of nitro groups is 1. The van der Waals surface area contributed by atoms with E-state index in [2.05, 4.69) is 0 Å². The van der Waals surface area contributed by atoms with Gasteiger partial charge < -0.3 is 4.74 Å². The van der Waals surface area contributed by atoms with Gasteiger partial charge in [0.1, 0.15) is 6.07 Å². The molecule has 1 rings (SSSR count). The third-order valence-electron chi connectivity index (χ3n) is 1.55. The van der Waals surface area contributed by atoms with E-state index in [0.29, 0.717) is 0 Å². The molecule has 0 spiro atoms. The molecule has 1 aromatic carbocycles. The second-order valence-electron chi connectivity index (χ2n) is 2.61. The number of nitriles is 1. The van der Waals surface area contributed by atoms with Gasteiger partial charge in [-0.15, -0.1) is 0 Å². The van der Waals surface area contributed by atoms with Crippen molar-refractivity contribution in [1.29, 1.82) is 5.26 Å². The molecule has 0 bridgehead atoms. The topological polar surface area (TPSA) is 76.2 Å². The van der Waals surface area contributed by atoms with Crippen LogP contribution in [0.4, 0.5) is 5.69 Å². The van der Waals surface area contributed by atoms with Crippen LogP contribution in [0.2, 0.25) is 0 Å². The SMILES string of the molecule is CC(C#N)Oc1ccccc1[N+](=O)[O-]. The van der Waals surface area contributed by atoms with Gasteiger partial charge in [-0.2, -0.15) is 5.26 Å². The van der Waals surface area contributed by atoms with Gasteiger partial charge in [-0.1, -0.05) is 12.1 Å². The molecule has 5 heteroatoms. The Hall–Kier alpha value is -2.09. The lowest BCUT2D eigenvalue weighted by atomic mass is 10.3. The molecule has 1 atom stereocenters. The lowest BCUT2D eigenvalue weighted by molar-refractivity contribution is -0.386. The average Bonchev–Trinajstić information content (AvgIpc) is 2.18. The normalized spacial score (nSPS) is 11.4. The predicted octanol–water partition coefficient (Wildman–Crippen LogP) is 1.89. The van der Waals surface area contributed by atoms with E-state index in [4.69, 9.17) is 10.00 Å². The molecule has 0 aliphatic heterocycles. The minimum Gasteiger partial charge on any atom is -0.469 e. The van der Waals surface area contributed by atoms with Gasteiger partial charge in [-0.25, -0.2) is 0 Å². The van der Waals surface area contributed by atoms with Gasteiger partial charge in [0.2, 0.25) is 0 Å². The molecule has 0 aromatic heterocycles. The summed E-state index contributed by atoms with van der Waals surface area (Å²) in [4.78, 5) is 9.99. The van der Waals surface area contributed by atoms with Crippen molar-refractivity contribution in [2.24, 2.45) is 0 Å². The summed E-state index contributed by atoms with van der Waals surface area (Å²) in [6.45, 7) is 1.52. The highest BCUT2D eigenvalue weighted by Crippen LogP contribution is 2.26. The van der Waals surface area contributed by atoms with Crippen LogP contribution in [0.5, 0.6) is 5.75 Å². The summed E-state index contributed by atoms with van der Waals surface area (Å²) in [6, 6.07) is 7.79. The summed E-state index contributed by atoms with van der Waals surface area (Å²) in [7, 11) is 0. The highest BCUT2D eigenvalue weighted by Gasteiger charge is 2.15. The molecule has 1 aromatic rings.